The van der Waals surface area contributed by atoms with E-state index in [2.05, 4.69) is 5.32 Å². The third-order valence-corrected chi connectivity index (χ3v) is 8.36. The quantitative estimate of drug-likeness (QED) is 0.436. The number of nitrogens with one attached hydrogen (secondary N) is 1. The van der Waals surface area contributed by atoms with Gasteiger partial charge in [0.2, 0.25) is 11.8 Å². The minimum Gasteiger partial charge on any atom is -0.352 e. The molecule has 0 spiro atoms. The van der Waals surface area contributed by atoms with Crippen LogP contribution in [0.25, 0.3) is 10.8 Å². The second-order valence-corrected chi connectivity index (χ2v) is 11.6. The predicted octanol–water partition coefficient (Wildman–Crippen LogP) is 4.72. The second kappa shape index (κ2) is 10.5. The third kappa shape index (κ3) is 5.20. The first-order valence-electron chi connectivity index (χ1n) is 12.0. The highest BCUT2D eigenvalue weighted by Gasteiger charge is 2.35. The van der Waals surface area contributed by atoms with Gasteiger partial charge in [0.05, 0.1) is 10.6 Å². The predicted molar refractivity (Wildman–Crippen MR) is 142 cm³/mol. The van der Waals surface area contributed by atoms with Crippen molar-refractivity contribution < 1.29 is 18.0 Å². The lowest BCUT2D eigenvalue weighted by Gasteiger charge is -2.30. The molecule has 1 atom stereocenters. The van der Waals surface area contributed by atoms with Gasteiger partial charge in [0.1, 0.15) is 6.04 Å². The Kier molecular flexibility index (Phi) is 7.57. The molecule has 36 heavy (non-hydrogen) atoms. The number of halogens is 1. The lowest BCUT2D eigenvalue weighted by atomic mass is 10.1. The molecule has 3 aromatic carbocycles. The summed E-state index contributed by atoms with van der Waals surface area (Å²) in [6, 6.07) is 17.2. The van der Waals surface area contributed by atoms with Crippen LogP contribution in [-0.4, -0.2) is 43.8 Å². The van der Waals surface area contributed by atoms with Crippen LogP contribution in [0.1, 0.15) is 39.2 Å². The number of hydrogen-bond donors (Lipinski definition) is 1. The highest BCUT2D eigenvalue weighted by Crippen LogP contribution is 2.42. The molecule has 1 aliphatic heterocycles. The van der Waals surface area contributed by atoms with Gasteiger partial charge in [-0.1, -0.05) is 48.0 Å². The maximum absolute atomic E-state index is 13.4. The Morgan fingerprint density at radius 1 is 1.03 bits per heavy atom. The molecule has 0 aliphatic carbocycles. The van der Waals surface area contributed by atoms with E-state index in [1.165, 1.54) is 9.21 Å². The van der Waals surface area contributed by atoms with Crippen LogP contribution in [-0.2, 0) is 26.2 Å². The van der Waals surface area contributed by atoms with Gasteiger partial charge in [-0.3, -0.25) is 13.9 Å². The maximum Gasteiger partial charge on any atom is 0.265 e. The molecular formula is C27H30ClN3O4S. The van der Waals surface area contributed by atoms with Crippen LogP contribution >= 0.6 is 11.6 Å². The fourth-order valence-corrected chi connectivity index (χ4v) is 6.50. The monoisotopic (exact) mass is 527 g/mol. The van der Waals surface area contributed by atoms with Crippen molar-refractivity contribution in [2.75, 3.05) is 10.8 Å². The van der Waals surface area contributed by atoms with Crippen molar-refractivity contribution in [1.29, 1.82) is 0 Å². The average molecular weight is 528 g/mol. The molecule has 1 heterocycles. The molecule has 0 radical (unpaired) electrons. The number of hydrogen-bond acceptors (Lipinski definition) is 4. The number of carbonyl (C=O) groups is 2. The second-order valence-electron chi connectivity index (χ2n) is 9.30. The van der Waals surface area contributed by atoms with Crippen LogP contribution in [0.2, 0.25) is 5.02 Å². The molecule has 0 saturated carbocycles. The molecule has 0 aromatic heterocycles. The fraction of sp³-hybridized carbons (Fsp3) is 0.333. The Morgan fingerprint density at radius 2 is 1.72 bits per heavy atom. The first-order chi connectivity index (χ1) is 17.1. The summed E-state index contributed by atoms with van der Waals surface area (Å²) < 4.78 is 27.8. The van der Waals surface area contributed by atoms with Gasteiger partial charge in [-0.2, -0.15) is 0 Å². The zero-order valence-electron chi connectivity index (χ0n) is 20.6. The molecule has 9 heteroatoms. The molecule has 7 nitrogen and oxygen atoms in total. The van der Waals surface area contributed by atoms with Crippen molar-refractivity contribution in [3.8, 4) is 0 Å². The summed E-state index contributed by atoms with van der Waals surface area (Å²) in [6.45, 7) is 5.81. The zero-order chi connectivity index (χ0) is 26.0. The van der Waals surface area contributed by atoms with E-state index in [0.29, 0.717) is 27.4 Å². The minimum absolute atomic E-state index is 0.0622. The summed E-state index contributed by atoms with van der Waals surface area (Å²) in [5.74, 6) is -0.474. The Labute approximate surface area is 217 Å². The normalized spacial score (nSPS) is 14.8. The number of anilines is 1. The molecule has 1 N–H and O–H groups in total. The molecule has 190 valence electrons. The van der Waals surface area contributed by atoms with Crippen molar-refractivity contribution in [2.45, 2.75) is 57.1 Å². The van der Waals surface area contributed by atoms with E-state index in [4.69, 9.17) is 11.6 Å². The number of carbonyl (C=O) groups excluding carboxylic acids is 2. The fourth-order valence-electron chi connectivity index (χ4n) is 4.54. The molecule has 0 fully saturated rings. The molecule has 4 rings (SSSR count). The van der Waals surface area contributed by atoms with Crippen molar-refractivity contribution in [1.82, 2.24) is 10.2 Å². The van der Waals surface area contributed by atoms with E-state index in [9.17, 15) is 18.0 Å². The average Bonchev–Trinajstić information content (AvgIpc) is 3.05. The number of nitrogens with zero attached hydrogens (tertiary/aromatic N) is 2. The highest BCUT2D eigenvalue weighted by atomic mass is 35.5. The van der Waals surface area contributed by atoms with Crippen LogP contribution in [0.4, 0.5) is 5.69 Å². The topological polar surface area (TPSA) is 86.8 Å². The summed E-state index contributed by atoms with van der Waals surface area (Å²) >= 11 is 6.13. The molecule has 1 aliphatic rings. The molecule has 0 bridgehead atoms. The van der Waals surface area contributed by atoms with Gasteiger partial charge in [0, 0.05) is 36.0 Å². The number of sulfonamides is 1. The number of benzene rings is 3. The minimum atomic E-state index is -3.68. The molecule has 0 unspecified atom stereocenters. The smallest absolute Gasteiger partial charge is 0.265 e. The lowest BCUT2D eigenvalue weighted by Crippen LogP contribution is -2.49. The van der Waals surface area contributed by atoms with E-state index in [1.54, 1.807) is 43.3 Å². The molecular weight excluding hydrogens is 498 g/mol. The van der Waals surface area contributed by atoms with Gasteiger partial charge >= 0.3 is 0 Å². The van der Waals surface area contributed by atoms with Crippen LogP contribution in [0, 0.1) is 0 Å². The van der Waals surface area contributed by atoms with Gasteiger partial charge in [-0.15, -0.1) is 0 Å². The van der Waals surface area contributed by atoms with Gasteiger partial charge in [-0.25, -0.2) is 8.42 Å². The van der Waals surface area contributed by atoms with Crippen LogP contribution in [0.5, 0.6) is 0 Å². The summed E-state index contributed by atoms with van der Waals surface area (Å²) in [5, 5.41) is 4.99. The van der Waals surface area contributed by atoms with E-state index in [-0.39, 0.29) is 37.4 Å². The van der Waals surface area contributed by atoms with Crippen molar-refractivity contribution in [3.63, 3.8) is 0 Å². The summed E-state index contributed by atoms with van der Waals surface area (Å²) in [7, 11) is -3.68. The van der Waals surface area contributed by atoms with Crippen molar-refractivity contribution >= 4 is 49.9 Å². The third-order valence-electron chi connectivity index (χ3n) is 6.27. The zero-order valence-corrected chi connectivity index (χ0v) is 22.1. The summed E-state index contributed by atoms with van der Waals surface area (Å²) in [5.41, 5.74) is 1.44. The van der Waals surface area contributed by atoms with Gasteiger partial charge < -0.3 is 10.2 Å². The molecule has 0 saturated heterocycles. The number of rotatable bonds is 9. The van der Waals surface area contributed by atoms with E-state index < -0.39 is 16.1 Å². The Hall–Kier alpha value is -3.10. The Morgan fingerprint density at radius 3 is 2.42 bits per heavy atom. The first kappa shape index (κ1) is 26.0. The van der Waals surface area contributed by atoms with Crippen LogP contribution in [0.15, 0.2) is 65.6 Å². The SMILES string of the molecule is CC(C)NC(=O)[C@@H](C)N(Cc1cccc(Cl)c1)C(=O)CCCN1c2cccc3cccc(c23)S1(=O)=O. The van der Waals surface area contributed by atoms with Crippen LogP contribution < -0.4 is 9.62 Å². The van der Waals surface area contributed by atoms with E-state index in [1.807, 2.05) is 38.1 Å². The van der Waals surface area contributed by atoms with Gasteiger partial charge in [0.25, 0.3) is 10.0 Å². The van der Waals surface area contributed by atoms with E-state index >= 15 is 0 Å². The summed E-state index contributed by atoms with van der Waals surface area (Å²) in [6.07, 6.45) is 0.408. The largest absolute Gasteiger partial charge is 0.352 e. The van der Waals surface area contributed by atoms with Gasteiger partial charge in [-0.05, 0) is 62.4 Å². The van der Waals surface area contributed by atoms with Gasteiger partial charge in [0.15, 0.2) is 0 Å². The Balaban J connectivity index is 1.50. The number of amides is 2. The van der Waals surface area contributed by atoms with Crippen LogP contribution in [0.3, 0.4) is 0 Å². The van der Waals surface area contributed by atoms with E-state index in [0.717, 1.165) is 10.9 Å². The first-order valence-corrected chi connectivity index (χ1v) is 13.8. The van der Waals surface area contributed by atoms with Crippen molar-refractivity contribution in [3.05, 3.63) is 71.2 Å². The Bertz CT molecular complexity index is 1400. The standard InChI is InChI=1S/C27H30ClN3O4S/c1-18(2)29-27(33)19(3)30(17-20-8-4-11-22(28)16-20)25(32)14-7-15-31-23-12-5-9-21-10-6-13-24(26(21)23)36(31,34)35/h4-6,8-13,16,18-19H,7,14-15,17H2,1-3H3,(H,29,33)/t19-/m1/s1. The molecule has 2 amide bonds. The molecule has 3 aromatic rings. The highest BCUT2D eigenvalue weighted by molar-refractivity contribution is 7.93. The van der Waals surface area contributed by atoms with Crippen molar-refractivity contribution in [2.24, 2.45) is 0 Å². The lowest BCUT2D eigenvalue weighted by molar-refractivity contribution is -0.140. The summed E-state index contributed by atoms with van der Waals surface area (Å²) in [4.78, 5) is 27.9. The maximum atomic E-state index is 13.4.